The number of carbonyl (C=O) groups excluding carboxylic acids is 2. The second-order valence-electron chi connectivity index (χ2n) is 5.14. The van der Waals surface area contributed by atoms with Crippen LogP contribution in [0.4, 0.5) is 14.9 Å². The van der Waals surface area contributed by atoms with E-state index in [-0.39, 0.29) is 22.7 Å². The fourth-order valence-electron chi connectivity index (χ4n) is 1.62. The van der Waals surface area contributed by atoms with Crippen molar-refractivity contribution in [2.24, 2.45) is 0 Å². The van der Waals surface area contributed by atoms with Crippen LogP contribution in [0.1, 0.15) is 31.1 Å². The van der Waals surface area contributed by atoms with Gasteiger partial charge in [0, 0.05) is 0 Å². The Kier molecular flexibility index (Phi) is 5.12. The summed E-state index contributed by atoms with van der Waals surface area (Å²) < 4.78 is 29.1. The molecule has 0 aliphatic heterocycles. The number of hydrogen-bond acceptors (Lipinski definition) is 5. The van der Waals surface area contributed by atoms with Crippen LogP contribution in [-0.4, -0.2) is 32.2 Å². The van der Waals surface area contributed by atoms with Crippen LogP contribution in [0.15, 0.2) is 6.07 Å². The van der Waals surface area contributed by atoms with Gasteiger partial charge in [0.2, 0.25) is 0 Å². The minimum atomic E-state index is -0.856. The lowest BCUT2D eigenvalue weighted by atomic mass is 10.1. The molecule has 1 aromatic rings. The third-order valence-corrected chi connectivity index (χ3v) is 2.37. The summed E-state index contributed by atoms with van der Waals surface area (Å²) in [6.07, 6.45) is -0.369. The quantitative estimate of drug-likeness (QED) is 0.865. The zero-order valence-electron chi connectivity index (χ0n) is 12.6. The van der Waals surface area contributed by atoms with E-state index in [2.05, 4.69) is 5.32 Å². The number of aldehydes is 1. The third kappa shape index (κ3) is 4.08. The summed E-state index contributed by atoms with van der Waals surface area (Å²) in [7, 11) is 2.51. The summed E-state index contributed by atoms with van der Waals surface area (Å²) in [5, 5.41) is 2.24. The van der Waals surface area contributed by atoms with Gasteiger partial charge >= 0.3 is 6.09 Å². The summed E-state index contributed by atoms with van der Waals surface area (Å²) in [5.41, 5.74) is -0.921. The Morgan fingerprint density at radius 1 is 1.24 bits per heavy atom. The first-order chi connectivity index (χ1) is 9.73. The average molecular weight is 299 g/mol. The maximum atomic E-state index is 14.2. The van der Waals surface area contributed by atoms with Gasteiger partial charge in [-0.3, -0.25) is 10.1 Å². The number of halogens is 1. The molecule has 0 aliphatic rings. The Morgan fingerprint density at radius 2 is 1.81 bits per heavy atom. The fraction of sp³-hybridized carbons (Fsp3) is 0.429. The molecule has 0 fully saturated rings. The van der Waals surface area contributed by atoms with Gasteiger partial charge in [0.15, 0.2) is 23.6 Å². The largest absolute Gasteiger partial charge is 0.492 e. The van der Waals surface area contributed by atoms with Gasteiger partial charge in [0.05, 0.1) is 25.5 Å². The molecule has 6 nitrogen and oxygen atoms in total. The van der Waals surface area contributed by atoms with Crippen molar-refractivity contribution in [2.75, 3.05) is 19.5 Å². The van der Waals surface area contributed by atoms with E-state index in [1.54, 1.807) is 20.8 Å². The van der Waals surface area contributed by atoms with Gasteiger partial charge < -0.3 is 14.2 Å². The molecule has 21 heavy (non-hydrogen) atoms. The Balaban J connectivity index is 3.19. The molecular weight excluding hydrogens is 281 g/mol. The van der Waals surface area contributed by atoms with Crippen LogP contribution < -0.4 is 14.8 Å². The number of nitrogens with one attached hydrogen (secondary N) is 1. The van der Waals surface area contributed by atoms with Crippen LogP contribution in [0.5, 0.6) is 11.5 Å². The molecule has 7 heteroatoms. The molecule has 1 rings (SSSR count). The predicted octanol–water partition coefficient (Wildman–Crippen LogP) is 3.00. The number of methoxy groups -OCH3 is 2. The lowest BCUT2D eigenvalue weighted by Crippen LogP contribution is -2.27. The van der Waals surface area contributed by atoms with E-state index in [0.29, 0.717) is 6.29 Å². The van der Waals surface area contributed by atoms with Crippen molar-refractivity contribution in [3.63, 3.8) is 0 Å². The van der Waals surface area contributed by atoms with Gasteiger partial charge in [0.25, 0.3) is 0 Å². The van der Waals surface area contributed by atoms with E-state index in [0.717, 1.165) is 6.07 Å². The highest BCUT2D eigenvalue weighted by Gasteiger charge is 2.23. The minimum absolute atomic E-state index is 0.0419. The highest BCUT2D eigenvalue weighted by molar-refractivity contribution is 5.90. The summed E-state index contributed by atoms with van der Waals surface area (Å²) >= 11 is 0. The highest BCUT2D eigenvalue weighted by Crippen LogP contribution is 2.37. The number of hydrogen-bond donors (Lipinski definition) is 1. The molecule has 0 saturated carbocycles. The smallest absolute Gasteiger partial charge is 0.412 e. The van der Waals surface area contributed by atoms with Crippen molar-refractivity contribution in [1.29, 1.82) is 0 Å². The van der Waals surface area contributed by atoms with Gasteiger partial charge in [-0.25, -0.2) is 9.18 Å². The van der Waals surface area contributed by atoms with Crippen molar-refractivity contribution in [2.45, 2.75) is 26.4 Å². The summed E-state index contributed by atoms with van der Waals surface area (Å²) in [6.45, 7) is 5.02. The Labute approximate surface area is 122 Å². The molecular formula is C14H18FNO5. The molecule has 1 aromatic carbocycles. The average Bonchev–Trinajstić information content (AvgIpc) is 2.38. The molecule has 0 heterocycles. The maximum absolute atomic E-state index is 14.2. The van der Waals surface area contributed by atoms with Crippen molar-refractivity contribution in [3.8, 4) is 11.5 Å². The van der Waals surface area contributed by atoms with Crippen molar-refractivity contribution >= 4 is 18.1 Å². The lowest BCUT2D eigenvalue weighted by Gasteiger charge is -2.20. The Bertz CT molecular complexity index is 551. The predicted molar refractivity (Wildman–Crippen MR) is 74.7 cm³/mol. The standard InChI is InChI=1S/C14H18FNO5/c1-14(2,3)21-13(18)16-9-6-8(7-17)11(19-4)12(20-5)10(9)15/h6-7H,1-5H3,(H,16,18). The zero-order valence-corrected chi connectivity index (χ0v) is 12.6. The molecule has 0 spiro atoms. The molecule has 1 amide bonds. The molecule has 0 atom stereocenters. The fourth-order valence-corrected chi connectivity index (χ4v) is 1.62. The maximum Gasteiger partial charge on any atom is 0.412 e. The van der Waals surface area contributed by atoms with Gasteiger partial charge in [0.1, 0.15) is 5.60 Å². The van der Waals surface area contributed by atoms with Gasteiger partial charge in [-0.05, 0) is 26.8 Å². The molecule has 0 aromatic heterocycles. The van der Waals surface area contributed by atoms with Crippen LogP contribution in [0.25, 0.3) is 0 Å². The number of carbonyl (C=O) groups is 2. The van der Waals surface area contributed by atoms with E-state index < -0.39 is 17.5 Å². The van der Waals surface area contributed by atoms with Crippen molar-refractivity contribution in [1.82, 2.24) is 0 Å². The van der Waals surface area contributed by atoms with Crippen molar-refractivity contribution in [3.05, 3.63) is 17.4 Å². The molecule has 0 radical (unpaired) electrons. The van der Waals surface area contributed by atoms with Crippen LogP contribution in [0, 0.1) is 5.82 Å². The Hall–Kier alpha value is -2.31. The summed E-state index contributed by atoms with van der Waals surface area (Å²) in [4.78, 5) is 22.7. The second-order valence-corrected chi connectivity index (χ2v) is 5.14. The van der Waals surface area contributed by atoms with Crippen LogP contribution in [0.2, 0.25) is 0 Å². The second kappa shape index (κ2) is 6.43. The molecule has 0 saturated heterocycles. The summed E-state index contributed by atoms with van der Waals surface area (Å²) in [6, 6.07) is 1.15. The Morgan fingerprint density at radius 3 is 2.24 bits per heavy atom. The lowest BCUT2D eigenvalue weighted by molar-refractivity contribution is 0.0635. The van der Waals surface area contributed by atoms with E-state index in [1.807, 2.05) is 0 Å². The number of ether oxygens (including phenoxy) is 3. The molecule has 116 valence electrons. The van der Waals surface area contributed by atoms with E-state index in [4.69, 9.17) is 14.2 Å². The number of benzene rings is 1. The first kappa shape index (κ1) is 16.7. The minimum Gasteiger partial charge on any atom is -0.492 e. The molecule has 0 unspecified atom stereocenters. The number of anilines is 1. The number of amides is 1. The van der Waals surface area contributed by atoms with Crippen LogP contribution in [-0.2, 0) is 4.74 Å². The highest BCUT2D eigenvalue weighted by atomic mass is 19.1. The van der Waals surface area contributed by atoms with Gasteiger partial charge in [-0.15, -0.1) is 0 Å². The van der Waals surface area contributed by atoms with Crippen LogP contribution in [0.3, 0.4) is 0 Å². The van der Waals surface area contributed by atoms with E-state index in [1.165, 1.54) is 14.2 Å². The molecule has 0 aliphatic carbocycles. The number of rotatable bonds is 4. The SMILES string of the molecule is COc1c(C=O)cc(NC(=O)OC(C)(C)C)c(F)c1OC. The first-order valence-corrected chi connectivity index (χ1v) is 6.13. The van der Waals surface area contributed by atoms with E-state index in [9.17, 15) is 14.0 Å². The molecule has 0 bridgehead atoms. The normalized spacial score (nSPS) is 10.8. The zero-order chi connectivity index (χ0) is 16.2. The monoisotopic (exact) mass is 299 g/mol. The summed E-state index contributed by atoms with van der Waals surface area (Å²) in [5.74, 6) is -1.17. The van der Waals surface area contributed by atoms with Crippen LogP contribution >= 0.6 is 0 Å². The van der Waals surface area contributed by atoms with Gasteiger partial charge in [-0.1, -0.05) is 0 Å². The van der Waals surface area contributed by atoms with E-state index >= 15 is 0 Å². The molecule has 1 N–H and O–H groups in total. The third-order valence-electron chi connectivity index (χ3n) is 2.37. The topological polar surface area (TPSA) is 73.9 Å². The van der Waals surface area contributed by atoms with Gasteiger partial charge in [-0.2, -0.15) is 0 Å². The first-order valence-electron chi connectivity index (χ1n) is 6.13. The van der Waals surface area contributed by atoms with Crippen molar-refractivity contribution < 1.29 is 28.2 Å².